The largest absolute Gasteiger partial charge is 0.453 e. The standard InChI is InChI=1S/C15H19F3N6/c1-8-5-12(20-10-6-9(2)23(7-10)11-3-4-11)24-14(19-8)21-13(22-24)15(16,17)18/h5,9-11,20H,3-4,6-7H2,1-2H3. The first-order valence-electron chi connectivity index (χ1n) is 8.15. The number of aromatic nitrogens is 4. The van der Waals surface area contributed by atoms with Crippen LogP contribution in [0, 0.1) is 6.92 Å². The zero-order valence-electron chi connectivity index (χ0n) is 13.5. The number of aryl methyl sites for hydroxylation is 1. The Labute approximate surface area is 137 Å². The van der Waals surface area contributed by atoms with E-state index in [0.717, 1.165) is 17.5 Å². The lowest BCUT2D eigenvalue weighted by Crippen LogP contribution is -2.31. The molecule has 1 saturated carbocycles. The van der Waals surface area contributed by atoms with Gasteiger partial charge in [0, 0.05) is 36.4 Å². The number of anilines is 1. The van der Waals surface area contributed by atoms with Crippen LogP contribution in [0.1, 0.15) is 37.7 Å². The van der Waals surface area contributed by atoms with E-state index in [1.54, 1.807) is 13.0 Å². The summed E-state index contributed by atoms with van der Waals surface area (Å²) in [4.78, 5) is 10.0. The topological polar surface area (TPSA) is 58.4 Å². The Morgan fingerprint density at radius 2 is 2.00 bits per heavy atom. The number of nitrogens with one attached hydrogen (secondary N) is 1. The molecule has 1 saturated heterocycles. The molecule has 4 rings (SSSR count). The van der Waals surface area contributed by atoms with E-state index in [1.165, 1.54) is 12.8 Å². The summed E-state index contributed by atoms with van der Waals surface area (Å²) in [5.41, 5.74) is 0.608. The van der Waals surface area contributed by atoms with Gasteiger partial charge in [-0.2, -0.15) is 22.7 Å². The average molecular weight is 340 g/mol. The molecule has 2 aromatic heterocycles. The fraction of sp³-hybridized carbons (Fsp3) is 0.667. The summed E-state index contributed by atoms with van der Waals surface area (Å²) in [5.74, 6) is -0.687. The van der Waals surface area contributed by atoms with Gasteiger partial charge in [0.2, 0.25) is 0 Å². The van der Waals surface area contributed by atoms with Crippen molar-refractivity contribution in [3.8, 4) is 0 Å². The predicted molar refractivity (Wildman–Crippen MR) is 81.7 cm³/mol. The molecule has 0 spiro atoms. The number of fused-ring (bicyclic) bond motifs is 1. The molecular formula is C15H19F3N6. The van der Waals surface area contributed by atoms with Crippen molar-refractivity contribution in [3.05, 3.63) is 17.6 Å². The Hall–Kier alpha value is -1.90. The van der Waals surface area contributed by atoms with Crippen LogP contribution in [-0.2, 0) is 6.18 Å². The minimum atomic E-state index is -4.58. The van der Waals surface area contributed by atoms with Gasteiger partial charge >= 0.3 is 6.18 Å². The molecule has 9 heteroatoms. The van der Waals surface area contributed by atoms with E-state index in [0.29, 0.717) is 23.6 Å². The normalized spacial score (nSPS) is 25.5. The molecule has 0 amide bonds. The minimum Gasteiger partial charge on any atom is -0.366 e. The van der Waals surface area contributed by atoms with Gasteiger partial charge < -0.3 is 5.32 Å². The van der Waals surface area contributed by atoms with Gasteiger partial charge in [-0.05, 0) is 33.1 Å². The fourth-order valence-electron chi connectivity index (χ4n) is 3.49. The van der Waals surface area contributed by atoms with Crippen LogP contribution in [-0.4, -0.2) is 49.2 Å². The molecule has 2 atom stereocenters. The Balaban J connectivity index is 1.62. The summed E-state index contributed by atoms with van der Waals surface area (Å²) < 4.78 is 39.8. The molecule has 1 N–H and O–H groups in total. The van der Waals surface area contributed by atoms with Crippen LogP contribution in [0.4, 0.5) is 19.0 Å². The first kappa shape index (κ1) is 15.6. The number of likely N-dealkylation sites (tertiary alicyclic amines) is 1. The number of hydrogen-bond acceptors (Lipinski definition) is 5. The van der Waals surface area contributed by atoms with Crippen LogP contribution in [0.2, 0.25) is 0 Å². The first-order chi connectivity index (χ1) is 11.3. The molecule has 3 heterocycles. The third-order valence-electron chi connectivity index (χ3n) is 4.68. The highest BCUT2D eigenvalue weighted by atomic mass is 19.4. The van der Waals surface area contributed by atoms with Crippen molar-refractivity contribution in [1.29, 1.82) is 0 Å². The summed E-state index contributed by atoms with van der Waals surface area (Å²) in [6.07, 6.45) is -1.13. The van der Waals surface area contributed by atoms with E-state index in [-0.39, 0.29) is 11.8 Å². The lowest BCUT2D eigenvalue weighted by Gasteiger charge is -2.20. The third kappa shape index (κ3) is 2.81. The quantitative estimate of drug-likeness (QED) is 0.930. The van der Waals surface area contributed by atoms with Gasteiger partial charge in [0.15, 0.2) is 0 Å². The summed E-state index contributed by atoms with van der Waals surface area (Å²) >= 11 is 0. The number of rotatable bonds is 3. The highest BCUT2D eigenvalue weighted by Gasteiger charge is 2.39. The summed E-state index contributed by atoms with van der Waals surface area (Å²) in [7, 11) is 0. The highest BCUT2D eigenvalue weighted by molar-refractivity contribution is 5.46. The SMILES string of the molecule is Cc1cc(NC2CC(C)N(C3CC3)C2)n2nc(C(F)(F)F)nc2n1. The Bertz CT molecular complexity index is 766. The Kier molecular flexibility index (Phi) is 3.45. The van der Waals surface area contributed by atoms with Crippen LogP contribution in [0.15, 0.2) is 6.07 Å². The van der Waals surface area contributed by atoms with Gasteiger partial charge in [0.1, 0.15) is 5.82 Å². The number of hydrogen-bond donors (Lipinski definition) is 1. The number of alkyl halides is 3. The van der Waals surface area contributed by atoms with E-state index in [2.05, 4.69) is 32.2 Å². The van der Waals surface area contributed by atoms with Gasteiger partial charge in [-0.15, -0.1) is 5.10 Å². The molecule has 1 aliphatic carbocycles. The first-order valence-corrected chi connectivity index (χ1v) is 8.15. The monoisotopic (exact) mass is 340 g/mol. The van der Waals surface area contributed by atoms with E-state index >= 15 is 0 Å². The van der Waals surface area contributed by atoms with Crippen molar-refractivity contribution in [2.24, 2.45) is 0 Å². The molecular weight excluding hydrogens is 321 g/mol. The van der Waals surface area contributed by atoms with E-state index in [9.17, 15) is 13.2 Å². The summed E-state index contributed by atoms with van der Waals surface area (Å²) in [6.45, 7) is 4.83. The van der Waals surface area contributed by atoms with Crippen molar-refractivity contribution in [2.45, 2.75) is 57.4 Å². The lowest BCUT2D eigenvalue weighted by atomic mass is 10.2. The highest BCUT2D eigenvalue weighted by Crippen LogP contribution is 2.34. The van der Waals surface area contributed by atoms with Crippen molar-refractivity contribution >= 4 is 11.6 Å². The van der Waals surface area contributed by atoms with Crippen LogP contribution < -0.4 is 5.32 Å². The zero-order chi connectivity index (χ0) is 17.1. The molecule has 2 unspecified atom stereocenters. The fourth-order valence-corrected chi connectivity index (χ4v) is 3.49. The molecule has 2 aromatic rings. The average Bonchev–Trinajstić information content (AvgIpc) is 3.11. The number of halogens is 3. The van der Waals surface area contributed by atoms with Crippen LogP contribution in [0.3, 0.4) is 0 Å². The van der Waals surface area contributed by atoms with Crippen molar-refractivity contribution in [3.63, 3.8) is 0 Å². The molecule has 2 aliphatic rings. The predicted octanol–water partition coefficient (Wildman–Crippen LogP) is 2.49. The summed E-state index contributed by atoms with van der Waals surface area (Å²) in [5, 5.41) is 6.94. The van der Waals surface area contributed by atoms with Gasteiger partial charge in [-0.25, -0.2) is 4.98 Å². The molecule has 130 valence electrons. The summed E-state index contributed by atoms with van der Waals surface area (Å²) in [6, 6.07) is 3.06. The molecule has 2 fully saturated rings. The maximum absolute atomic E-state index is 12.9. The van der Waals surface area contributed by atoms with Gasteiger partial charge in [0.05, 0.1) is 0 Å². The van der Waals surface area contributed by atoms with Gasteiger partial charge in [0.25, 0.3) is 11.6 Å². The molecule has 1 aliphatic heterocycles. The van der Waals surface area contributed by atoms with Crippen molar-refractivity contribution in [2.75, 3.05) is 11.9 Å². The second-order valence-corrected chi connectivity index (χ2v) is 6.78. The van der Waals surface area contributed by atoms with Crippen LogP contribution >= 0.6 is 0 Å². The lowest BCUT2D eigenvalue weighted by molar-refractivity contribution is -0.144. The molecule has 6 nitrogen and oxygen atoms in total. The smallest absolute Gasteiger partial charge is 0.366 e. The second-order valence-electron chi connectivity index (χ2n) is 6.78. The third-order valence-corrected chi connectivity index (χ3v) is 4.68. The van der Waals surface area contributed by atoms with E-state index in [4.69, 9.17) is 0 Å². The van der Waals surface area contributed by atoms with Crippen molar-refractivity contribution < 1.29 is 13.2 Å². The van der Waals surface area contributed by atoms with Gasteiger partial charge in [-0.1, -0.05) is 0 Å². The Morgan fingerprint density at radius 1 is 1.25 bits per heavy atom. The maximum atomic E-state index is 12.9. The molecule has 0 aromatic carbocycles. The molecule has 24 heavy (non-hydrogen) atoms. The van der Waals surface area contributed by atoms with Crippen molar-refractivity contribution in [1.82, 2.24) is 24.5 Å². The number of nitrogens with zero attached hydrogens (tertiary/aromatic N) is 5. The molecule has 0 bridgehead atoms. The molecule has 0 radical (unpaired) electrons. The van der Waals surface area contributed by atoms with Gasteiger partial charge in [-0.3, -0.25) is 4.90 Å². The minimum absolute atomic E-state index is 0.0325. The van der Waals surface area contributed by atoms with E-state index in [1.807, 2.05) is 0 Å². The Morgan fingerprint density at radius 3 is 2.67 bits per heavy atom. The van der Waals surface area contributed by atoms with E-state index < -0.39 is 12.0 Å². The van der Waals surface area contributed by atoms with Crippen LogP contribution in [0.5, 0.6) is 0 Å². The van der Waals surface area contributed by atoms with Crippen LogP contribution in [0.25, 0.3) is 5.78 Å². The second kappa shape index (κ2) is 5.30. The maximum Gasteiger partial charge on any atom is 0.453 e. The zero-order valence-corrected chi connectivity index (χ0v) is 13.5.